The van der Waals surface area contributed by atoms with Crippen molar-refractivity contribution in [2.45, 2.75) is 31.7 Å². The lowest BCUT2D eigenvalue weighted by atomic mass is 10.1. The molecule has 1 amide bonds. The summed E-state index contributed by atoms with van der Waals surface area (Å²) in [6.07, 6.45) is 1.53. The van der Waals surface area contributed by atoms with E-state index in [1.54, 1.807) is 0 Å². The van der Waals surface area contributed by atoms with Crippen LogP contribution in [0.4, 0.5) is 8.78 Å². The molecule has 1 aliphatic heterocycles. The lowest BCUT2D eigenvalue weighted by molar-refractivity contribution is -0.133. The SMILES string of the molecule is CC1CC(CN)CN1C(=O)C1CC1c1cc(F)ccc1F. The van der Waals surface area contributed by atoms with Crippen LogP contribution >= 0.6 is 0 Å². The first-order chi connectivity index (χ1) is 10.0. The lowest BCUT2D eigenvalue weighted by Gasteiger charge is -2.21. The van der Waals surface area contributed by atoms with Gasteiger partial charge in [-0.15, -0.1) is 0 Å². The summed E-state index contributed by atoms with van der Waals surface area (Å²) in [5.41, 5.74) is 6.01. The van der Waals surface area contributed by atoms with Gasteiger partial charge in [-0.25, -0.2) is 8.78 Å². The van der Waals surface area contributed by atoms with Crippen molar-refractivity contribution in [3.05, 3.63) is 35.4 Å². The Bertz CT molecular complexity index is 563. The quantitative estimate of drug-likeness (QED) is 0.929. The van der Waals surface area contributed by atoms with Crippen LogP contribution in [-0.4, -0.2) is 29.9 Å². The van der Waals surface area contributed by atoms with Gasteiger partial charge in [0.25, 0.3) is 0 Å². The Morgan fingerprint density at radius 2 is 2.14 bits per heavy atom. The molecule has 2 fully saturated rings. The largest absolute Gasteiger partial charge is 0.339 e. The molecule has 2 aliphatic rings. The van der Waals surface area contributed by atoms with E-state index in [9.17, 15) is 13.6 Å². The van der Waals surface area contributed by atoms with Gasteiger partial charge in [-0.2, -0.15) is 0 Å². The Morgan fingerprint density at radius 1 is 1.38 bits per heavy atom. The van der Waals surface area contributed by atoms with Crippen molar-refractivity contribution in [2.75, 3.05) is 13.1 Å². The van der Waals surface area contributed by atoms with Crippen LogP contribution in [0.25, 0.3) is 0 Å². The van der Waals surface area contributed by atoms with Crippen LogP contribution in [0.15, 0.2) is 18.2 Å². The zero-order valence-electron chi connectivity index (χ0n) is 12.1. The van der Waals surface area contributed by atoms with Gasteiger partial charge in [0.05, 0.1) is 0 Å². The summed E-state index contributed by atoms with van der Waals surface area (Å²) in [5.74, 6) is -0.856. The number of likely N-dealkylation sites (tertiary alicyclic amines) is 1. The number of halogens is 2. The van der Waals surface area contributed by atoms with Gasteiger partial charge >= 0.3 is 0 Å². The van der Waals surface area contributed by atoms with Gasteiger partial charge in [0.2, 0.25) is 5.91 Å². The molecule has 4 atom stereocenters. The van der Waals surface area contributed by atoms with Crippen molar-refractivity contribution >= 4 is 5.91 Å². The molecule has 1 saturated carbocycles. The third-order valence-electron chi connectivity index (χ3n) is 4.74. The first kappa shape index (κ1) is 14.4. The molecule has 5 heteroatoms. The molecule has 4 unspecified atom stereocenters. The molecular formula is C16H20F2N2O. The van der Waals surface area contributed by atoms with Gasteiger partial charge < -0.3 is 10.6 Å². The molecule has 0 bridgehead atoms. The highest BCUT2D eigenvalue weighted by molar-refractivity contribution is 5.83. The number of nitrogens with zero attached hydrogens (tertiary/aromatic N) is 1. The number of benzene rings is 1. The van der Waals surface area contributed by atoms with Crippen LogP contribution in [-0.2, 0) is 4.79 Å². The highest BCUT2D eigenvalue weighted by Crippen LogP contribution is 2.50. The van der Waals surface area contributed by atoms with Crippen LogP contribution in [0.3, 0.4) is 0 Å². The van der Waals surface area contributed by atoms with E-state index in [0.717, 1.165) is 18.6 Å². The summed E-state index contributed by atoms with van der Waals surface area (Å²) in [7, 11) is 0. The molecule has 3 nitrogen and oxygen atoms in total. The molecular weight excluding hydrogens is 274 g/mol. The Hall–Kier alpha value is -1.49. The molecule has 0 spiro atoms. The number of amides is 1. The van der Waals surface area contributed by atoms with E-state index >= 15 is 0 Å². The fraction of sp³-hybridized carbons (Fsp3) is 0.562. The first-order valence-corrected chi connectivity index (χ1v) is 7.46. The molecule has 1 saturated heterocycles. The predicted octanol–water partition coefficient (Wildman–Crippen LogP) is 2.26. The summed E-state index contributed by atoms with van der Waals surface area (Å²) in [4.78, 5) is 14.4. The maximum Gasteiger partial charge on any atom is 0.226 e. The molecule has 2 N–H and O–H groups in total. The van der Waals surface area contributed by atoms with E-state index in [-0.39, 0.29) is 23.8 Å². The molecule has 1 aromatic rings. The van der Waals surface area contributed by atoms with Crippen molar-refractivity contribution in [1.82, 2.24) is 4.90 Å². The number of carbonyl (C=O) groups is 1. The zero-order valence-corrected chi connectivity index (χ0v) is 12.1. The van der Waals surface area contributed by atoms with Crippen molar-refractivity contribution in [1.29, 1.82) is 0 Å². The third kappa shape index (κ3) is 2.67. The number of rotatable bonds is 3. The van der Waals surface area contributed by atoms with Gasteiger partial charge in [0.15, 0.2) is 0 Å². The molecule has 1 aliphatic carbocycles. The number of hydrogen-bond acceptors (Lipinski definition) is 2. The highest BCUT2D eigenvalue weighted by Gasteiger charge is 2.49. The average molecular weight is 294 g/mol. The fourth-order valence-electron chi connectivity index (χ4n) is 3.44. The van der Waals surface area contributed by atoms with Crippen LogP contribution in [0.5, 0.6) is 0 Å². The van der Waals surface area contributed by atoms with E-state index < -0.39 is 11.6 Å². The van der Waals surface area contributed by atoms with E-state index in [0.29, 0.717) is 31.0 Å². The standard InChI is InChI=1S/C16H20F2N2O/c1-9-4-10(7-19)8-20(9)16(21)14-6-12(14)13-5-11(17)2-3-15(13)18/h2-3,5,9-10,12,14H,4,6-8,19H2,1H3. The second-order valence-corrected chi connectivity index (χ2v) is 6.29. The van der Waals surface area contributed by atoms with E-state index in [1.807, 2.05) is 11.8 Å². The minimum atomic E-state index is -0.456. The molecule has 21 heavy (non-hydrogen) atoms. The second kappa shape index (κ2) is 5.37. The van der Waals surface area contributed by atoms with Crippen molar-refractivity contribution in [3.8, 4) is 0 Å². The minimum Gasteiger partial charge on any atom is -0.339 e. The maximum atomic E-state index is 13.8. The fourth-order valence-corrected chi connectivity index (χ4v) is 3.44. The Labute approximate surface area is 123 Å². The maximum absolute atomic E-state index is 13.8. The van der Waals surface area contributed by atoms with Gasteiger partial charge in [0.1, 0.15) is 11.6 Å². The van der Waals surface area contributed by atoms with Crippen LogP contribution in [0.2, 0.25) is 0 Å². The molecule has 0 radical (unpaired) electrons. The molecule has 1 heterocycles. The smallest absolute Gasteiger partial charge is 0.226 e. The van der Waals surface area contributed by atoms with Gasteiger partial charge in [-0.05, 0) is 61.9 Å². The predicted molar refractivity (Wildman–Crippen MR) is 75.5 cm³/mol. The number of hydrogen-bond donors (Lipinski definition) is 1. The van der Waals surface area contributed by atoms with Gasteiger partial charge in [-0.1, -0.05) is 0 Å². The van der Waals surface area contributed by atoms with Crippen molar-refractivity contribution in [3.63, 3.8) is 0 Å². The first-order valence-electron chi connectivity index (χ1n) is 7.46. The summed E-state index contributed by atoms with van der Waals surface area (Å²) in [5, 5.41) is 0. The molecule has 3 rings (SSSR count). The Kier molecular flexibility index (Phi) is 3.69. The number of nitrogens with two attached hydrogens (primary N) is 1. The van der Waals surface area contributed by atoms with Crippen molar-refractivity contribution in [2.24, 2.45) is 17.6 Å². The topological polar surface area (TPSA) is 46.3 Å². The van der Waals surface area contributed by atoms with E-state index in [1.165, 1.54) is 6.07 Å². The summed E-state index contributed by atoms with van der Waals surface area (Å²) < 4.78 is 27.0. The average Bonchev–Trinajstić information content (AvgIpc) is 3.16. The normalized spacial score (nSPS) is 31.5. The van der Waals surface area contributed by atoms with Crippen LogP contribution in [0, 0.1) is 23.5 Å². The summed E-state index contributed by atoms with van der Waals surface area (Å²) >= 11 is 0. The summed E-state index contributed by atoms with van der Waals surface area (Å²) in [6.45, 7) is 3.29. The van der Waals surface area contributed by atoms with Gasteiger partial charge in [-0.3, -0.25) is 4.79 Å². The number of carbonyl (C=O) groups excluding carboxylic acids is 1. The second-order valence-electron chi connectivity index (χ2n) is 6.29. The van der Waals surface area contributed by atoms with Gasteiger partial charge in [0, 0.05) is 18.5 Å². The third-order valence-corrected chi connectivity index (χ3v) is 4.74. The van der Waals surface area contributed by atoms with E-state index in [4.69, 9.17) is 5.73 Å². The molecule has 0 aromatic heterocycles. The van der Waals surface area contributed by atoms with Crippen molar-refractivity contribution < 1.29 is 13.6 Å². The minimum absolute atomic E-state index is 0.0621. The van der Waals surface area contributed by atoms with Crippen LogP contribution < -0.4 is 5.73 Å². The monoisotopic (exact) mass is 294 g/mol. The Balaban J connectivity index is 1.70. The highest BCUT2D eigenvalue weighted by atomic mass is 19.1. The van der Waals surface area contributed by atoms with Crippen LogP contribution in [0.1, 0.15) is 31.2 Å². The Morgan fingerprint density at radius 3 is 2.81 bits per heavy atom. The summed E-state index contributed by atoms with van der Waals surface area (Å²) in [6, 6.07) is 3.63. The molecule has 114 valence electrons. The zero-order chi connectivity index (χ0) is 15.1. The lowest BCUT2D eigenvalue weighted by Crippen LogP contribution is -2.35. The molecule has 1 aromatic carbocycles. The van der Waals surface area contributed by atoms with E-state index in [2.05, 4.69) is 0 Å².